The van der Waals surface area contributed by atoms with Crippen LogP contribution in [0.4, 0.5) is 0 Å². The molecule has 0 radical (unpaired) electrons. The Bertz CT molecular complexity index is 523. The van der Waals surface area contributed by atoms with Gasteiger partial charge in [-0.2, -0.15) is 5.10 Å². The molecule has 4 nitrogen and oxygen atoms in total. The molecule has 0 bridgehead atoms. The summed E-state index contributed by atoms with van der Waals surface area (Å²) in [6.07, 6.45) is 3.28. The molecule has 2 atom stereocenters. The molecule has 2 unspecified atom stereocenters. The Kier molecular flexibility index (Phi) is 3.62. The lowest BCUT2D eigenvalue weighted by molar-refractivity contribution is 0.113. The van der Waals surface area contributed by atoms with Gasteiger partial charge in [-0.15, -0.1) is 0 Å². The number of aromatic nitrogens is 2. The maximum atomic E-state index is 5.56. The molecule has 0 spiro atoms. The van der Waals surface area contributed by atoms with E-state index in [2.05, 4.69) is 34.6 Å². The molecule has 1 fully saturated rings. The number of aromatic amines is 1. The van der Waals surface area contributed by atoms with Crippen LogP contribution in [0, 0.1) is 0 Å². The van der Waals surface area contributed by atoms with Crippen LogP contribution in [0.2, 0.25) is 0 Å². The highest BCUT2D eigenvalue weighted by atomic mass is 16.5. The number of ether oxygens (including phenoxy) is 1. The summed E-state index contributed by atoms with van der Waals surface area (Å²) < 4.78 is 5.56. The number of rotatable bonds is 4. The SMILES string of the molecule is CC1OCCC1NCc1cn[nH]c1-c1ccccc1. The van der Waals surface area contributed by atoms with Crippen molar-refractivity contribution in [2.75, 3.05) is 6.61 Å². The zero-order chi connectivity index (χ0) is 13.1. The first-order valence-electron chi connectivity index (χ1n) is 6.77. The third-order valence-electron chi connectivity index (χ3n) is 3.71. The Morgan fingerprint density at radius 2 is 2.21 bits per heavy atom. The fourth-order valence-electron chi connectivity index (χ4n) is 2.54. The van der Waals surface area contributed by atoms with Gasteiger partial charge in [0.25, 0.3) is 0 Å². The Hall–Kier alpha value is -1.65. The van der Waals surface area contributed by atoms with Gasteiger partial charge in [0.2, 0.25) is 0 Å². The Labute approximate surface area is 113 Å². The van der Waals surface area contributed by atoms with Gasteiger partial charge in [-0.25, -0.2) is 0 Å². The zero-order valence-electron chi connectivity index (χ0n) is 11.1. The van der Waals surface area contributed by atoms with Crippen LogP contribution in [0.15, 0.2) is 36.5 Å². The Morgan fingerprint density at radius 3 is 2.95 bits per heavy atom. The molecule has 1 aromatic carbocycles. The standard InChI is InChI=1S/C15H19N3O/c1-11-14(7-8-19-11)16-9-13-10-17-18-15(13)12-5-3-2-4-6-12/h2-6,10-11,14,16H,7-9H2,1H3,(H,17,18). The first-order valence-corrected chi connectivity index (χ1v) is 6.77. The maximum absolute atomic E-state index is 5.56. The minimum absolute atomic E-state index is 0.298. The highest BCUT2D eigenvalue weighted by molar-refractivity contribution is 5.62. The molecule has 1 aliphatic rings. The fourth-order valence-corrected chi connectivity index (χ4v) is 2.54. The van der Waals surface area contributed by atoms with Crippen molar-refractivity contribution in [2.45, 2.75) is 32.0 Å². The first kappa shape index (κ1) is 12.4. The van der Waals surface area contributed by atoms with Crippen LogP contribution in [0.25, 0.3) is 11.3 Å². The molecule has 1 aromatic heterocycles. The van der Waals surface area contributed by atoms with Gasteiger partial charge in [0.05, 0.1) is 18.0 Å². The summed E-state index contributed by atoms with van der Waals surface area (Å²) in [7, 11) is 0. The summed E-state index contributed by atoms with van der Waals surface area (Å²) in [5.41, 5.74) is 3.47. The molecule has 2 heterocycles. The van der Waals surface area contributed by atoms with Crippen LogP contribution in [-0.2, 0) is 11.3 Å². The highest BCUT2D eigenvalue weighted by Crippen LogP contribution is 2.21. The second kappa shape index (κ2) is 5.55. The summed E-state index contributed by atoms with van der Waals surface area (Å²) in [6.45, 7) is 3.80. The largest absolute Gasteiger partial charge is 0.377 e. The summed E-state index contributed by atoms with van der Waals surface area (Å²) >= 11 is 0. The normalized spacial score (nSPS) is 22.8. The van der Waals surface area contributed by atoms with Gasteiger partial charge < -0.3 is 10.1 Å². The van der Waals surface area contributed by atoms with Crippen molar-refractivity contribution in [3.63, 3.8) is 0 Å². The molecule has 19 heavy (non-hydrogen) atoms. The topological polar surface area (TPSA) is 49.9 Å². The van der Waals surface area contributed by atoms with Gasteiger partial charge in [0.1, 0.15) is 0 Å². The van der Waals surface area contributed by atoms with E-state index in [1.807, 2.05) is 24.4 Å². The van der Waals surface area contributed by atoms with Crippen molar-refractivity contribution in [1.29, 1.82) is 0 Å². The molecule has 100 valence electrons. The lowest BCUT2D eigenvalue weighted by Crippen LogP contribution is -2.34. The van der Waals surface area contributed by atoms with E-state index in [-0.39, 0.29) is 0 Å². The van der Waals surface area contributed by atoms with Crippen molar-refractivity contribution >= 4 is 0 Å². The zero-order valence-corrected chi connectivity index (χ0v) is 11.1. The summed E-state index contributed by atoms with van der Waals surface area (Å²) in [5, 5.41) is 10.8. The van der Waals surface area contributed by atoms with Gasteiger partial charge in [-0.1, -0.05) is 30.3 Å². The molecule has 0 amide bonds. The summed E-state index contributed by atoms with van der Waals surface area (Å²) in [6, 6.07) is 10.7. The van der Waals surface area contributed by atoms with E-state index in [1.165, 1.54) is 11.1 Å². The van der Waals surface area contributed by atoms with Crippen LogP contribution in [0.1, 0.15) is 18.9 Å². The minimum Gasteiger partial charge on any atom is -0.377 e. The number of hydrogen-bond acceptors (Lipinski definition) is 3. The third kappa shape index (κ3) is 2.69. The van der Waals surface area contributed by atoms with Gasteiger partial charge in [-0.05, 0) is 18.9 Å². The van der Waals surface area contributed by atoms with Crippen molar-refractivity contribution in [3.05, 3.63) is 42.1 Å². The molecule has 3 rings (SSSR count). The van der Waals surface area contributed by atoms with Crippen LogP contribution in [0.5, 0.6) is 0 Å². The summed E-state index contributed by atoms with van der Waals surface area (Å²) in [5.74, 6) is 0. The highest BCUT2D eigenvalue weighted by Gasteiger charge is 2.23. The maximum Gasteiger partial charge on any atom is 0.0700 e. The lowest BCUT2D eigenvalue weighted by Gasteiger charge is -2.15. The molecule has 0 saturated carbocycles. The van der Waals surface area contributed by atoms with Gasteiger partial charge in [-0.3, -0.25) is 5.10 Å². The van der Waals surface area contributed by atoms with Crippen molar-refractivity contribution in [2.24, 2.45) is 0 Å². The number of H-pyrrole nitrogens is 1. The first-order chi connectivity index (χ1) is 9.34. The molecular weight excluding hydrogens is 238 g/mol. The number of hydrogen-bond donors (Lipinski definition) is 2. The average Bonchev–Trinajstić information content (AvgIpc) is 3.06. The van der Waals surface area contributed by atoms with E-state index in [9.17, 15) is 0 Å². The smallest absolute Gasteiger partial charge is 0.0700 e. The van der Waals surface area contributed by atoms with Gasteiger partial charge in [0, 0.05) is 24.8 Å². The number of nitrogens with one attached hydrogen (secondary N) is 2. The van der Waals surface area contributed by atoms with Crippen LogP contribution in [-0.4, -0.2) is 29.0 Å². The predicted molar refractivity (Wildman–Crippen MR) is 74.7 cm³/mol. The molecule has 1 saturated heterocycles. The van der Waals surface area contributed by atoms with E-state index in [0.717, 1.165) is 25.3 Å². The molecule has 0 aliphatic carbocycles. The Balaban J connectivity index is 1.71. The van der Waals surface area contributed by atoms with Crippen LogP contribution in [0.3, 0.4) is 0 Å². The van der Waals surface area contributed by atoms with Crippen molar-refractivity contribution < 1.29 is 4.74 Å². The third-order valence-corrected chi connectivity index (χ3v) is 3.71. The monoisotopic (exact) mass is 257 g/mol. The second-order valence-corrected chi connectivity index (χ2v) is 4.99. The van der Waals surface area contributed by atoms with Gasteiger partial charge >= 0.3 is 0 Å². The molecule has 2 aromatic rings. The lowest BCUT2D eigenvalue weighted by atomic mass is 10.1. The summed E-state index contributed by atoms with van der Waals surface area (Å²) in [4.78, 5) is 0. The average molecular weight is 257 g/mol. The van der Waals surface area contributed by atoms with E-state index < -0.39 is 0 Å². The van der Waals surface area contributed by atoms with E-state index in [0.29, 0.717) is 12.1 Å². The van der Waals surface area contributed by atoms with Crippen LogP contribution >= 0.6 is 0 Å². The molecule has 1 aliphatic heterocycles. The van der Waals surface area contributed by atoms with E-state index in [4.69, 9.17) is 4.74 Å². The van der Waals surface area contributed by atoms with Crippen molar-refractivity contribution in [1.82, 2.24) is 15.5 Å². The molecule has 2 N–H and O–H groups in total. The number of benzene rings is 1. The van der Waals surface area contributed by atoms with Crippen molar-refractivity contribution in [3.8, 4) is 11.3 Å². The van der Waals surface area contributed by atoms with Gasteiger partial charge in [0.15, 0.2) is 0 Å². The predicted octanol–water partition coefficient (Wildman–Crippen LogP) is 2.34. The number of nitrogens with zero attached hydrogens (tertiary/aromatic N) is 1. The van der Waals surface area contributed by atoms with E-state index >= 15 is 0 Å². The molecule has 4 heteroatoms. The van der Waals surface area contributed by atoms with E-state index in [1.54, 1.807) is 0 Å². The Morgan fingerprint density at radius 1 is 1.37 bits per heavy atom. The van der Waals surface area contributed by atoms with Crippen LogP contribution < -0.4 is 5.32 Å². The fraction of sp³-hybridized carbons (Fsp3) is 0.400. The molecular formula is C15H19N3O. The minimum atomic E-state index is 0.298. The second-order valence-electron chi connectivity index (χ2n) is 4.99. The quantitative estimate of drug-likeness (QED) is 0.884.